The van der Waals surface area contributed by atoms with Gasteiger partial charge in [0.05, 0.1) is 23.6 Å². The SMILES string of the molecule is N#Cc1ccc(OCC(=O)NC2(CC(=O)O)CCCC2)cc1. The molecule has 2 N–H and O–H groups in total. The van der Waals surface area contributed by atoms with E-state index in [4.69, 9.17) is 15.1 Å². The van der Waals surface area contributed by atoms with Gasteiger partial charge < -0.3 is 15.2 Å². The van der Waals surface area contributed by atoms with E-state index in [-0.39, 0.29) is 18.9 Å². The zero-order valence-electron chi connectivity index (χ0n) is 12.2. The minimum absolute atomic E-state index is 0.0599. The maximum Gasteiger partial charge on any atom is 0.305 e. The van der Waals surface area contributed by atoms with Crippen LogP contribution in [0.3, 0.4) is 0 Å². The first-order valence-electron chi connectivity index (χ1n) is 7.19. The number of hydrogen-bond acceptors (Lipinski definition) is 4. The maximum atomic E-state index is 12.0. The Kier molecular flexibility index (Phi) is 4.99. The summed E-state index contributed by atoms with van der Waals surface area (Å²) in [5, 5.41) is 20.5. The van der Waals surface area contributed by atoms with Crippen LogP contribution in [0.4, 0.5) is 0 Å². The van der Waals surface area contributed by atoms with E-state index < -0.39 is 11.5 Å². The van der Waals surface area contributed by atoms with Gasteiger partial charge in [0, 0.05) is 0 Å². The molecule has 1 aliphatic carbocycles. The summed E-state index contributed by atoms with van der Waals surface area (Å²) in [6.07, 6.45) is 3.15. The number of rotatable bonds is 6. The first kappa shape index (κ1) is 15.8. The number of hydrogen-bond donors (Lipinski definition) is 2. The van der Waals surface area contributed by atoms with Gasteiger partial charge in [-0.1, -0.05) is 12.8 Å². The van der Waals surface area contributed by atoms with Gasteiger partial charge in [0.15, 0.2) is 6.61 Å². The van der Waals surface area contributed by atoms with E-state index in [1.54, 1.807) is 24.3 Å². The minimum atomic E-state index is -0.907. The molecule has 2 rings (SSSR count). The second-order valence-electron chi connectivity index (χ2n) is 5.53. The summed E-state index contributed by atoms with van der Waals surface area (Å²) in [6.45, 7) is -0.173. The number of nitrogens with zero attached hydrogens (tertiary/aromatic N) is 1. The third-order valence-corrected chi connectivity index (χ3v) is 3.81. The smallest absolute Gasteiger partial charge is 0.305 e. The normalized spacial score (nSPS) is 15.8. The molecule has 6 nitrogen and oxygen atoms in total. The van der Waals surface area contributed by atoms with Crippen molar-refractivity contribution in [2.45, 2.75) is 37.6 Å². The molecule has 0 saturated heterocycles. The molecule has 1 saturated carbocycles. The summed E-state index contributed by atoms with van der Waals surface area (Å²) >= 11 is 0. The molecular formula is C16H18N2O4. The third kappa shape index (κ3) is 4.22. The Morgan fingerprint density at radius 3 is 2.45 bits per heavy atom. The van der Waals surface area contributed by atoms with Crippen LogP contribution >= 0.6 is 0 Å². The summed E-state index contributed by atoms with van der Waals surface area (Å²) in [5.41, 5.74) is -0.125. The molecule has 1 aromatic rings. The largest absolute Gasteiger partial charge is 0.484 e. The van der Waals surface area contributed by atoms with Crippen molar-refractivity contribution in [1.29, 1.82) is 5.26 Å². The molecule has 6 heteroatoms. The molecule has 0 radical (unpaired) electrons. The molecule has 22 heavy (non-hydrogen) atoms. The Morgan fingerprint density at radius 2 is 1.91 bits per heavy atom. The van der Waals surface area contributed by atoms with Gasteiger partial charge >= 0.3 is 5.97 Å². The van der Waals surface area contributed by atoms with Gasteiger partial charge in [0.25, 0.3) is 5.91 Å². The van der Waals surface area contributed by atoms with Gasteiger partial charge in [-0.15, -0.1) is 0 Å². The molecule has 0 heterocycles. The van der Waals surface area contributed by atoms with Crippen LogP contribution in [-0.4, -0.2) is 29.1 Å². The van der Waals surface area contributed by atoms with Gasteiger partial charge in [-0.25, -0.2) is 0 Å². The quantitative estimate of drug-likeness (QED) is 0.835. The number of carbonyl (C=O) groups excluding carboxylic acids is 1. The van der Waals surface area contributed by atoms with E-state index in [2.05, 4.69) is 5.32 Å². The average molecular weight is 302 g/mol. The van der Waals surface area contributed by atoms with Crippen molar-refractivity contribution in [3.63, 3.8) is 0 Å². The van der Waals surface area contributed by atoms with E-state index in [1.807, 2.05) is 6.07 Å². The van der Waals surface area contributed by atoms with Crippen molar-refractivity contribution < 1.29 is 19.4 Å². The number of aliphatic carboxylic acids is 1. The highest BCUT2D eigenvalue weighted by molar-refractivity contribution is 5.79. The lowest BCUT2D eigenvalue weighted by Crippen LogP contribution is -2.49. The molecule has 0 aromatic heterocycles. The Morgan fingerprint density at radius 1 is 1.27 bits per heavy atom. The van der Waals surface area contributed by atoms with Gasteiger partial charge in [-0.05, 0) is 37.1 Å². The van der Waals surface area contributed by atoms with Crippen molar-refractivity contribution >= 4 is 11.9 Å². The summed E-state index contributed by atoms with van der Waals surface area (Å²) in [4.78, 5) is 23.0. The van der Waals surface area contributed by atoms with Crippen LogP contribution in [0.25, 0.3) is 0 Å². The van der Waals surface area contributed by atoms with Crippen molar-refractivity contribution in [2.75, 3.05) is 6.61 Å². The zero-order valence-corrected chi connectivity index (χ0v) is 12.2. The predicted octanol–water partition coefficient (Wildman–Crippen LogP) is 1.84. The van der Waals surface area contributed by atoms with Crippen molar-refractivity contribution in [3.05, 3.63) is 29.8 Å². The monoisotopic (exact) mass is 302 g/mol. The van der Waals surface area contributed by atoms with Crippen molar-refractivity contribution in [2.24, 2.45) is 0 Å². The number of carbonyl (C=O) groups is 2. The molecule has 116 valence electrons. The topological polar surface area (TPSA) is 99.4 Å². The number of nitrogens with one attached hydrogen (secondary N) is 1. The van der Waals surface area contributed by atoms with Gasteiger partial charge in [-0.3, -0.25) is 9.59 Å². The molecule has 0 unspecified atom stereocenters. The highest BCUT2D eigenvalue weighted by Crippen LogP contribution is 2.32. The van der Waals surface area contributed by atoms with Gasteiger partial charge in [-0.2, -0.15) is 5.26 Å². The second-order valence-corrected chi connectivity index (χ2v) is 5.53. The molecule has 1 fully saturated rings. The lowest BCUT2D eigenvalue weighted by molar-refractivity contribution is -0.139. The van der Waals surface area contributed by atoms with Gasteiger partial charge in [0.1, 0.15) is 5.75 Å². The maximum absolute atomic E-state index is 12.0. The third-order valence-electron chi connectivity index (χ3n) is 3.81. The lowest BCUT2D eigenvalue weighted by atomic mass is 9.93. The first-order valence-corrected chi connectivity index (χ1v) is 7.19. The zero-order chi connectivity index (χ0) is 16.0. The van der Waals surface area contributed by atoms with E-state index >= 15 is 0 Å². The Balaban J connectivity index is 1.88. The van der Waals surface area contributed by atoms with Crippen LogP contribution in [0.2, 0.25) is 0 Å². The molecule has 1 aromatic carbocycles. The molecular weight excluding hydrogens is 284 g/mol. The highest BCUT2D eigenvalue weighted by atomic mass is 16.5. The number of carboxylic acid groups (broad SMARTS) is 1. The van der Waals surface area contributed by atoms with E-state index in [1.165, 1.54) is 0 Å². The fraction of sp³-hybridized carbons (Fsp3) is 0.438. The summed E-state index contributed by atoms with van der Waals surface area (Å²) in [6, 6.07) is 8.45. The lowest BCUT2D eigenvalue weighted by Gasteiger charge is -2.28. The van der Waals surface area contributed by atoms with Crippen molar-refractivity contribution in [3.8, 4) is 11.8 Å². The van der Waals surface area contributed by atoms with Crippen LogP contribution in [0.5, 0.6) is 5.75 Å². The second kappa shape index (κ2) is 6.94. The van der Waals surface area contributed by atoms with Crippen LogP contribution in [-0.2, 0) is 9.59 Å². The van der Waals surface area contributed by atoms with Crippen LogP contribution < -0.4 is 10.1 Å². The standard InChI is InChI=1S/C16H18N2O4/c17-10-12-3-5-13(6-4-12)22-11-14(19)18-16(9-15(20)21)7-1-2-8-16/h3-6H,1-2,7-9,11H2,(H,18,19)(H,20,21). The number of carboxylic acids is 1. The van der Waals surface area contributed by atoms with E-state index in [9.17, 15) is 9.59 Å². The minimum Gasteiger partial charge on any atom is -0.484 e. The Bertz CT molecular complexity index is 583. The number of benzene rings is 1. The summed E-state index contributed by atoms with van der Waals surface area (Å²) in [7, 11) is 0. The molecule has 0 aliphatic heterocycles. The van der Waals surface area contributed by atoms with Crippen LogP contribution in [0, 0.1) is 11.3 Å². The number of nitriles is 1. The molecule has 1 aliphatic rings. The van der Waals surface area contributed by atoms with E-state index in [0.29, 0.717) is 24.2 Å². The molecule has 0 atom stereocenters. The Labute approximate surface area is 128 Å². The molecule has 1 amide bonds. The number of ether oxygens (including phenoxy) is 1. The first-order chi connectivity index (χ1) is 10.5. The molecule has 0 bridgehead atoms. The van der Waals surface area contributed by atoms with Crippen LogP contribution in [0.15, 0.2) is 24.3 Å². The number of amides is 1. The predicted molar refractivity (Wildman–Crippen MR) is 78.2 cm³/mol. The Hall–Kier alpha value is -2.55. The fourth-order valence-electron chi connectivity index (χ4n) is 2.79. The molecule has 0 spiro atoms. The van der Waals surface area contributed by atoms with Crippen molar-refractivity contribution in [1.82, 2.24) is 5.32 Å². The summed E-state index contributed by atoms with van der Waals surface area (Å²) < 4.78 is 5.36. The average Bonchev–Trinajstić information content (AvgIpc) is 2.92. The highest BCUT2D eigenvalue weighted by Gasteiger charge is 2.37. The van der Waals surface area contributed by atoms with E-state index in [0.717, 1.165) is 12.8 Å². The summed E-state index contributed by atoms with van der Waals surface area (Å²) in [5.74, 6) is -0.740. The van der Waals surface area contributed by atoms with Crippen LogP contribution in [0.1, 0.15) is 37.7 Å². The fourth-order valence-corrected chi connectivity index (χ4v) is 2.79. The van der Waals surface area contributed by atoms with Gasteiger partial charge in [0.2, 0.25) is 0 Å².